The molecule has 1 aromatic heterocycles. The Morgan fingerprint density at radius 1 is 0.949 bits per heavy atom. The van der Waals surface area contributed by atoms with Gasteiger partial charge in [0.1, 0.15) is 0 Å². The Kier molecular flexibility index (Phi) is 7.23. The maximum Gasteiger partial charge on any atom is 0.471 e. The summed E-state index contributed by atoms with van der Waals surface area (Å²) in [4.78, 5) is 14.7. The summed E-state index contributed by atoms with van der Waals surface area (Å²) >= 11 is 0. The number of anilines is 3. The van der Waals surface area contributed by atoms with Crippen LogP contribution in [0.3, 0.4) is 0 Å². The molecule has 39 heavy (non-hydrogen) atoms. The molecule has 1 unspecified atom stereocenters. The first-order valence-corrected chi connectivity index (χ1v) is 14.3. The van der Waals surface area contributed by atoms with Gasteiger partial charge in [0.25, 0.3) is 10.0 Å². The van der Waals surface area contributed by atoms with E-state index in [4.69, 9.17) is 0 Å². The fourth-order valence-corrected chi connectivity index (χ4v) is 6.20. The van der Waals surface area contributed by atoms with Crippen molar-refractivity contribution in [3.8, 4) is 11.3 Å². The van der Waals surface area contributed by atoms with Crippen LogP contribution in [0.4, 0.5) is 30.4 Å². The second-order valence-electron chi connectivity index (χ2n) is 9.88. The molecule has 2 aromatic carbocycles. The molecule has 0 spiro atoms. The molecule has 0 saturated carbocycles. The molecule has 0 aliphatic carbocycles. The lowest BCUT2D eigenvalue weighted by atomic mass is 10.1. The van der Waals surface area contributed by atoms with E-state index in [-0.39, 0.29) is 17.0 Å². The molecule has 2 aliphatic heterocycles. The van der Waals surface area contributed by atoms with Crippen LogP contribution < -0.4 is 14.5 Å². The second-order valence-corrected chi connectivity index (χ2v) is 11.6. The smallest absolute Gasteiger partial charge is 0.355 e. The van der Waals surface area contributed by atoms with Crippen LogP contribution in [0.5, 0.6) is 0 Å². The number of carbonyl (C=O) groups excluding carboxylic acids is 1. The Morgan fingerprint density at radius 2 is 1.64 bits per heavy atom. The number of sulfonamides is 1. The summed E-state index contributed by atoms with van der Waals surface area (Å²) in [6, 6.07) is 13.5. The number of nitrogens with one attached hydrogen (secondary N) is 1. The van der Waals surface area contributed by atoms with E-state index < -0.39 is 28.1 Å². The van der Waals surface area contributed by atoms with Crippen LogP contribution >= 0.6 is 0 Å². The van der Waals surface area contributed by atoms with Crippen LogP contribution in [0.15, 0.2) is 59.5 Å². The Hall–Kier alpha value is -3.67. The minimum atomic E-state index is -5.02. The number of halogens is 3. The van der Waals surface area contributed by atoms with E-state index in [0.717, 1.165) is 37.3 Å². The zero-order valence-corrected chi connectivity index (χ0v) is 22.1. The quantitative estimate of drug-likeness (QED) is 0.464. The van der Waals surface area contributed by atoms with E-state index in [2.05, 4.69) is 19.8 Å². The molecule has 1 amide bonds. The van der Waals surface area contributed by atoms with E-state index in [1.165, 1.54) is 38.0 Å². The average Bonchev–Trinajstić information content (AvgIpc) is 3.04. The van der Waals surface area contributed by atoms with Crippen molar-refractivity contribution in [1.82, 2.24) is 10.2 Å². The van der Waals surface area contributed by atoms with E-state index in [9.17, 15) is 26.4 Å². The molecule has 1 atom stereocenters. The number of benzene rings is 2. The monoisotopic (exact) mass is 559 g/mol. The van der Waals surface area contributed by atoms with Crippen molar-refractivity contribution in [3.05, 3.63) is 60.2 Å². The second kappa shape index (κ2) is 10.5. The molecule has 1 saturated heterocycles. The average molecular weight is 560 g/mol. The highest BCUT2D eigenvalue weighted by Crippen LogP contribution is 2.37. The molecule has 2 aliphatic rings. The van der Waals surface area contributed by atoms with Crippen molar-refractivity contribution < 1.29 is 26.4 Å². The summed E-state index contributed by atoms with van der Waals surface area (Å²) in [7, 11) is -4.03. The molecule has 12 heteroatoms. The summed E-state index contributed by atoms with van der Waals surface area (Å²) < 4.78 is 67.6. The highest BCUT2D eigenvalue weighted by Gasteiger charge is 2.47. The maximum absolute atomic E-state index is 13.0. The highest BCUT2D eigenvalue weighted by molar-refractivity contribution is 7.92. The fraction of sp³-hybridized carbons (Fsp3) is 0.370. The van der Waals surface area contributed by atoms with Gasteiger partial charge in [0.2, 0.25) is 0 Å². The molecule has 5 rings (SSSR count). The lowest BCUT2D eigenvalue weighted by Crippen LogP contribution is -2.44. The van der Waals surface area contributed by atoms with Crippen molar-refractivity contribution >= 4 is 33.1 Å². The number of fused-ring (bicyclic) bond motifs is 1. The number of nitrogens with zero attached hydrogens (tertiary/aromatic N) is 4. The van der Waals surface area contributed by atoms with Crippen LogP contribution in [-0.4, -0.2) is 49.8 Å². The molecular weight excluding hydrogens is 531 g/mol. The van der Waals surface area contributed by atoms with Crippen LogP contribution in [0, 0.1) is 0 Å². The van der Waals surface area contributed by atoms with Crippen molar-refractivity contribution in [2.24, 2.45) is 0 Å². The third-order valence-electron chi connectivity index (χ3n) is 7.05. The van der Waals surface area contributed by atoms with Gasteiger partial charge in [0.05, 0.1) is 10.6 Å². The number of rotatable bonds is 5. The Labute approximate surface area is 224 Å². The summed E-state index contributed by atoms with van der Waals surface area (Å²) in [5, 5.41) is 8.73. The molecule has 1 fully saturated rings. The third kappa shape index (κ3) is 5.70. The zero-order chi connectivity index (χ0) is 27.8. The van der Waals surface area contributed by atoms with Gasteiger partial charge in [0.15, 0.2) is 5.82 Å². The standard InChI is InChI=1S/C27H28F3N5O3S/c1-18-16-20-17-22(10-12-24(20)35(18)26(36)27(28,29)30)39(37,38)33-21-8-6-19(7-9-21)23-11-13-25(32-31-23)34-14-4-2-3-5-15-34/h6-13,17-18,33H,2-5,14-16H2,1H3. The number of alkyl halides is 3. The van der Waals surface area contributed by atoms with E-state index in [1.54, 1.807) is 24.3 Å². The van der Waals surface area contributed by atoms with Gasteiger partial charge in [0, 0.05) is 36.1 Å². The van der Waals surface area contributed by atoms with Gasteiger partial charge in [-0.05, 0) is 74.2 Å². The van der Waals surface area contributed by atoms with Crippen LogP contribution in [-0.2, 0) is 21.2 Å². The minimum absolute atomic E-state index is 0.0658. The SMILES string of the molecule is CC1Cc2cc(S(=O)(=O)Nc3ccc(-c4ccc(N5CCCCCC5)nn4)cc3)ccc2N1C(=O)C(F)(F)F. The minimum Gasteiger partial charge on any atom is -0.355 e. The van der Waals surface area contributed by atoms with E-state index in [1.807, 2.05) is 12.1 Å². The molecule has 0 radical (unpaired) electrons. The zero-order valence-electron chi connectivity index (χ0n) is 21.3. The first-order chi connectivity index (χ1) is 18.5. The van der Waals surface area contributed by atoms with Gasteiger partial charge >= 0.3 is 12.1 Å². The molecule has 0 bridgehead atoms. The Morgan fingerprint density at radius 3 is 2.26 bits per heavy atom. The summed E-state index contributed by atoms with van der Waals surface area (Å²) in [5.74, 6) is -1.12. The number of aromatic nitrogens is 2. The van der Waals surface area contributed by atoms with E-state index >= 15 is 0 Å². The van der Waals surface area contributed by atoms with Crippen LogP contribution in [0.25, 0.3) is 11.3 Å². The highest BCUT2D eigenvalue weighted by atomic mass is 32.2. The van der Waals surface area contributed by atoms with Gasteiger partial charge in [-0.15, -0.1) is 10.2 Å². The fourth-order valence-electron chi connectivity index (χ4n) is 5.09. The normalized spacial score (nSPS) is 18.0. The number of amides is 1. The van der Waals surface area contributed by atoms with Crippen molar-refractivity contribution in [2.45, 2.75) is 56.1 Å². The third-order valence-corrected chi connectivity index (χ3v) is 8.43. The van der Waals surface area contributed by atoms with Gasteiger partial charge in [-0.25, -0.2) is 8.42 Å². The molecule has 3 aromatic rings. The summed E-state index contributed by atoms with van der Waals surface area (Å²) in [6.07, 6.45) is -0.165. The topological polar surface area (TPSA) is 95.5 Å². The number of hydrogen-bond donors (Lipinski definition) is 1. The van der Waals surface area contributed by atoms with Gasteiger partial charge in [-0.3, -0.25) is 9.52 Å². The van der Waals surface area contributed by atoms with Crippen molar-refractivity contribution in [3.63, 3.8) is 0 Å². The van der Waals surface area contributed by atoms with Crippen molar-refractivity contribution in [1.29, 1.82) is 0 Å². The largest absolute Gasteiger partial charge is 0.471 e. The van der Waals surface area contributed by atoms with Crippen LogP contribution in [0.1, 0.15) is 38.2 Å². The van der Waals surface area contributed by atoms with Crippen molar-refractivity contribution in [2.75, 3.05) is 27.6 Å². The molecule has 8 nitrogen and oxygen atoms in total. The Balaban J connectivity index is 1.29. The molecule has 1 N–H and O–H groups in total. The summed E-state index contributed by atoms with van der Waals surface area (Å²) in [6.45, 7) is 3.43. The van der Waals surface area contributed by atoms with Crippen LogP contribution in [0.2, 0.25) is 0 Å². The molecule has 3 heterocycles. The first-order valence-electron chi connectivity index (χ1n) is 12.8. The molecule has 206 valence electrons. The lowest BCUT2D eigenvalue weighted by molar-refractivity contribution is -0.170. The predicted molar refractivity (Wildman–Crippen MR) is 142 cm³/mol. The first kappa shape index (κ1) is 26.9. The van der Waals surface area contributed by atoms with Gasteiger partial charge in [-0.2, -0.15) is 13.2 Å². The molecular formula is C27H28F3N5O3S. The Bertz CT molecular complexity index is 1450. The van der Waals surface area contributed by atoms with E-state index in [0.29, 0.717) is 21.8 Å². The predicted octanol–water partition coefficient (Wildman–Crippen LogP) is 5.16. The number of hydrogen-bond acceptors (Lipinski definition) is 6. The van der Waals surface area contributed by atoms with Gasteiger partial charge < -0.3 is 9.80 Å². The van der Waals surface area contributed by atoms with Gasteiger partial charge in [-0.1, -0.05) is 25.0 Å². The lowest BCUT2D eigenvalue weighted by Gasteiger charge is -2.23. The summed E-state index contributed by atoms with van der Waals surface area (Å²) in [5.41, 5.74) is 2.18. The number of carbonyl (C=O) groups is 1. The maximum atomic E-state index is 13.0.